The van der Waals surface area contributed by atoms with Crippen LogP contribution < -0.4 is 0 Å². The minimum Gasteiger partial charge on any atom is -0.469 e. The fraction of sp³-hybridized carbons (Fsp3) is 0.462. The van der Waals surface area contributed by atoms with Crippen molar-refractivity contribution >= 4 is 21.9 Å². The lowest BCUT2D eigenvalue weighted by Crippen LogP contribution is -2.30. The lowest BCUT2D eigenvalue weighted by Gasteiger charge is -2.21. The molecule has 1 aromatic rings. The van der Waals surface area contributed by atoms with Gasteiger partial charge in [-0.1, -0.05) is 34.1 Å². The molecule has 0 amide bonds. The highest BCUT2D eigenvalue weighted by atomic mass is 79.9. The second kappa shape index (κ2) is 6.17. The molecule has 0 saturated carbocycles. The van der Waals surface area contributed by atoms with Crippen LogP contribution in [0.4, 0.5) is 0 Å². The topological polar surface area (TPSA) is 35.5 Å². The van der Waals surface area contributed by atoms with Crippen molar-refractivity contribution in [3.05, 3.63) is 34.3 Å². The van der Waals surface area contributed by atoms with Gasteiger partial charge in [-0.25, -0.2) is 0 Å². The summed E-state index contributed by atoms with van der Waals surface area (Å²) in [7, 11) is 1.39. The minimum atomic E-state index is -0.615. The van der Waals surface area contributed by atoms with Crippen molar-refractivity contribution in [3.8, 4) is 0 Å². The summed E-state index contributed by atoms with van der Waals surface area (Å²) in [5.74, 6) is -0.260. The van der Waals surface area contributed by atoms with Gasteiger partial charge in [0.05, 0.1) is 25.7 Å². The van der Waals surface area contributed by atoms with Gasteiger partial charge in [0.1, 0.15) is 0 Å². The first-order valence-electron chi connectivity index (χ1n) is 5.37. The predicted molar refractivity (Wildman–Crippen MR) is 69.6 cm³/mol. The van der Waals surface area contributed by atoms with Crippen molar-refractivity contribution in [3.63, 3.8) is 0 Å². The van der Waals surface area contributed by atoms with Crippen LogP contribution in [-0.4, -0.2) is 19.7 Å². The molecule has 0 atom stereocenters. The van der Waals surface area contributed by atoms with Crippen LogP contribution in [0.25, 0.3) is 0 Å². The number of hydrogen-bond donors (Lipinski definition) is 0. The van der Waals surface area contributed by atoms with E-state index in [9.17, 15) is 4.79 Å². The molecule has 94 valence electrons. The standard InChI is InChI=1S/C13H17BrO3/c1-13(2,12(15)16-3)9-17-8-10-6-4-5-7-11(10)14/h4-7H,8-9H2,1-3H3. The molecule has 0 N–H and O–H groups in total. The van der Waals surface area contributed by atoms with Crippen molar-refractivity contribution in [2.75, 3.05) is 13.7 Å². The quantitative estimate of drug-likeness (QED) is 0.784. The molecule has 1 rings (SSSR count). The molecule has 0 radical (unpaired) electrons. The van der Waals surface area contributed by atoms with Gasteiger partial charge in [-0.15, -0.1) is 0 Å². The molecule has 1 aromatic carbocycles. The van der Waals surface area contributed by atoms with Crippen molar-refractivity contribution in [2.45, 2.75) is 20.5 Å². The van der Waals surface area contributed by atoms with E-state index in [4.69, 9.17) is 9.47 Å². The summed E-state index contributed by atoms with van der Waals surface area (Å²) in [6, 6.07) is 7.85. The number of carbonyl (C=O) groups excluding carboxylic acids is 1. The first-order valence-corrected chi connectivity index (χ1v) is 6.16. The number of esters is 1. The largest absolute Gasteiger partial charge is 0.469 e. The van der Waals surface area contributed by atoms with Crippen LogP contribution in [0.5, 0.6) is 0 Å². The number of hydrogen-bond acceptors (Lipinski definition) is 3. The van der Waals surface area contributed by atoms with Gasteiger partial charge in [-0.2, -0.15) is 0 Å². The van der Waals surface area contributed by atoms with E-state index >= 15 is 0 Å². The lowest BCUT2D eigenvalue weighted by molar-refractivity contribution is -0.154. The lowest BCUT2D eigenvalue weighted by atomic mass is 9.95. The van der Waals surface area contributed by atoms with Gasteiger partial charge in [-0.3, -0.25) is 4.79 Å². The predicted octanol–water partition coefficient (Wildman–Crippen LogP) is 3.16. The monoisotopic (exact) mass is 300 g/mol. The Morgan fingerprint density at radius 2 is 2.00 bits per heavy atom. The van der Waals surface area contributed by atoms with E-state index in [0.29, 0.717) is 13.2 Å². The molecule has 0 spiro atoms. The number of ether oxygens (including phenoxy) is 2. The fourth-order valence-electron chi connectivity index (χ4n) is 1.37. The molecule has 0 bridgehead atoms. The Labute approximate surface area is 110 Å². The number of rotatable bonds is 5. The zero-order valence-corrected chi connectivity index (χ0v) is 11.9. The smallest absolute Gasteiger partial charge is 0.313 e. The molecule has 0 aliphatic heterocycles. The SMILES string of the molecule is COC(=O)C(C)(C)COCc1ccccc1Br. The van der Waals surface area contributed by atoms with Crippen LogP contribution in [0.15, 0.2) is 28.7 Å². The van der Waals surface area contributed by atoms with E-state index in [1.165, 1.54) is 7.11 Å². The third-order valence-corrected chi connectivity index (χ3v) is 3.19. The third-order valence-electron chi connectivity index (χ3n) is 2.42. The molecule has 0 aliphatic carbocycles. The summed E-state index contributed by atoms with van der Waals surface area (Å²) in [4.78, 5) is 11.4. The summed E-state index contributed by atoms with van der Waals surface area (Å²) in [5, 5.41) is 0. The molecule has 0 unspecified atom stereocenters. The summed E-state index contributed by atoms with van der Waals surface area (Å²) in [6.07, 6.45) is 0. The van der Waals surface area contributed by atoms with Gasteiger partial charge in [-0.05, 0) is 25.5 Å². The van der Waals surface area contributed by atoms with Gasteiger partial charge < -0.3 is 9.47 Å². The van der Waals surface area contributed by atoms with Gasteiger partial charge in [0.2, 0.25) is 0 Å². The van der Waals surface area contributed by atoms with E-state index in [-0.39, 0.29) is 5.97 Å². The number of halogens is 1. The second-order valence-corrected chi connectivity index (χ2v) is 5.31. The number of methoxy groups -OCH3 is 1. The average molecular weight is 301 g/mol. The molecule has 0 aromatic heterocycles. The van der Waals surface area contributed by atoms with Crippen LogP contribution in [0.3, 0.4) is 0 Å². The molecule has 0 aliphatic rings. The molecule has 0 saturated heterocycles. The Kier molecular flexibility index (Phi) is 5.15. The van der Waals surface area contributed by atoms with Crippen LogP contribution in [0.1, 0.15) is 19.4 Å². The Morgan fingerprint density at radius 1 is 1.35 bits per heavy atom. The summed E-state index contributed by atoms with van der Waals surface area (Å²) in [6.45, 7) is 4.42. The maximum atomic E-state index is 11.4. The highest BCUT2D eigenvalue weighted by Gasteiger charge is 2.28. The van der Waals surface area contributed by atoms with Gasteiger partial charge >= 0.3 is 5.97 Å². The first kappa shape index (κ1) is 14.2. The van der Waals surface area contributed by atoms with Crippen molar-refractivity contribution in [2.24, 2.45) is 5.41 Å². The van der Waals surface area contributed by atoms with Crippen molar-refractivity contribution in [1.29, 1.82) is 0 Å². The Hall–Kier alpha value is -0.870. The second-order valence-electron chi connectivity index (χ2n) is 4.46. The Balaban J connectivity index is 2.48. The third kappa shape index (κ3) is 4.13. The number of benzene rings is 1. The van der Waals surface area contributed by atoms with E-state index in [1.54, 1.807) is 13.8 Å². The molecule has 0 heterocycles. The normalized spacial score (nSPS) is 11.3. The van der Waals surface area contributed by atoms with Gasteiger partial charge in [0.25, 0.3) is 0 Å². The van der Waals surface area contributed by atoms with Crippen LogP contribution in [-0.2, 0) is 20.9 Å². The molecule has 17 heavy (non-hydrogen) atoms. The highest BCUT2D eigenvalue weighted by molar-refractivity contribution is 9.10. The van der Waals surface area contributed by atoms with Gasteiger partial charge in [0.15, 0.2) is 0 Å². The van der Waals surface area contributed by atoms with E-state index in [2.05, 4.69) is 15.9 Å². The van der Waals surface area contributed by atoms with E-state index in [1.807, 2.05) is 24.3 Å². The minimum absolute atomic E-state index is 0.260. The van der Waals surface area contributed by atoms with E-state index < -0.39 is 5.41 Å². The van der Waals surface area contributed by atoms with Gasteiger partial charge in [0, 0.05) is 4.47 Å². The first-order chi connectivity index (χ1) is 7.97. The van der Waals surface area contributed by atoms with Crippen molar-refractivity contribution < 1.29 is 14.3 Å². The van der Waals surface area contributed by atoms with Crippen LogP contribution in [0, 0.1) is 5.41 Å². The average Bonchev–Trinajstić information content (AvgIpc) is 2.30. The maximum Gasteiger partial charge on any atom is 0.313 e. The summed E-state index contributed by atoms with van der Waals surface area (Å²) >= 11 is 3.45. The number of carbonyl (C=O) groups is 1. The maximum absolute atomic E-state index is 11.4. The Bertz CT molecular complexity index is 388. The molecule has 4 heteroatoms. The Morgan fingerprint density at radius 3 is 2.59 bits per heavy atom. The fourth-order valence-corrected chi connectivity index (χ4v) is 1.77. The molecular weight excluding hydrogens is 284 g/mol. The van der Waals surface area contributed by atoms with E-state index in [0.717, 1.165) is 10.0 Å². The summed E-state index contributed by atoms with van der Waals surface area (Å²) in [5.41, 5.74) is 0.448. The van der Waals surface area contributed by atoms with Crippen LogP contribution in [0.2, 0.25) is 0 Å². The van der Waals surface area contributed by atoms with Crippen molar-refractivity contribution in [1.82, 2.24) is 0 Å². The van der Waals surface area contributed by atoms with Crippen LogP contribution >= 0.6 is 15.9 Å². The highest BCUT2D eigenvalue weighted by Crippen LogP contribution is 2.20. The molecular formula is C13H17BrO3. The molecule has 3 nitrogen and oxygen atoms in total. The summed E-state index contributed by atoms with van der Waals surface area (Å²) < 4.78 is 11.3. The zero-order chi connectivity index (χ0) is 12.9. The zero-order valence-electron chi connectivity index (χ0n) is 10.3. The molecule has 0 fully saturated rings.